The smallest absolute Gasteiger partial charge is 0.251 e. The van der Waals surface area contributed by atoms with E-state index in [0.29, 0.717) is 13.0 Å². The van der Waals surface area contributed by atoms with E-state index in [1.807, 2.05) is 19.9 Å². The number of hydrazone groups is 1. The Kier molecular flexibility index (Phi) is 2.44. The minimum atomic E-state index is -0.108. The molecule has 0 aromatic carbocycles. The summed E-state index contributed by atoms with van der Waals surface area (Å²) in [5, 5.41) is 13.7. The Morgan fingerprint density at radius 3 is 2.83 bits per heavy atom. The Labute approximate surface area is 71.5 Å². The first-order valence-electron chi connectivity index (χ1n) is 3.90. The van der Waals surface area contributed by atoms with Crippen LogP contribution in [-0.2, 0) is 4.79 Å². The second-order valence-electron chi connectivity index (χ2n) is 2.83. The maximum Gasteiger partial charge on any atom is 0.251 e. The molecule has 1 rings (SSSR count). The van der Waals surface area contributed by atoms with Gasteiger partial charge in [-0.05, 0) is 13.8 Å². The summed E-state index contributed by atoms with van der Waals surface area (Å²) in [6, 6.07) is 1.98. The Balaban J connectivity index is 2.59. The summed E-state index contributed by atoms with van der Waals surface area (Å²) in [7, 11) is 0. The zero-order valence-corrected chi connectivity index (χ0v) is 7.24. The SMILES string of the molecule is CC1=NN(CCC#N)C(=O)C1C. The highest BCUT2D eigenvalue weighted by molar-refractivity contribution is 6.06. The van der Waals surface area contributed by atoms with Crippen LogP contribution in [-0.4, -0.2) is 23.2 Å². The summed E-state index contributed by atoms with van der Waals surface area (Å²) in [6.07, 6.45) is 0.342. The van der Waals surface area contributed by atoms with Gasteiger partial charge in [-0.25, -0.2) is 5.01 Å². The zero-order valence-electron chi connectivity index (χ0n) is 7.24. The van der Waals surface area contributed by atoms with Crippen LogP contribution in [0.4, 0.5) is 0 Å². The molecule has 1 amide bonds. The van der Waals surface area contributed by atoms with E-state index in [9.17, 15) is 4.79 Å². The van der Waals surface area contributed by atoms with Gasteiger partial charge in [0.2, 0.25) is 0 Å². The van der Waals surface area contributed by atoms with Crippen LogP contribution in [0.5, 0.6) is 0 Å². The van der Waals surface area contributed by atoms with Crippen LogP contribution in [0.1, 0.15) is 20.3 Å². The van der Waals surface area contributed by atoms with Crippen molar-refractivity contribution < 1.29 is 4.79 Å². The molecule has 1 unspecified atom stereocenters. The van der Waals surface area contributed by atoms with Crippen LogP contribution in [0.15, 0.2) is 5.10 Å². The highest BCUT2D eigenvalue weighted by atomic mass is 16.2. The van der Waals surface area contributed by atoms with Crippen molar-refractivity contribution in [3.8, 4) is 6.07 Å². The summed E-state index contributed by atoms with van der Waals surface area (Å²) in [5.74, 6) is -0.105. The maximum atomic E-state index is 11.3. The van der Waals surface area contributed by atoms with Crippen molar-refractivity contribution in [1.29, 1.82) is 5.26 Å². The van der Waals surface area contributed by atoms with E-state index in [2.05, 4.69) is 5.10 Å². The number of nitriles is 1. The fraction of sp³-hybridized carbons (Fsp3) is 0.625. The van der Waals surface area contributed by atoms with Crippen molar-refractivity contribution in [2.45, 2.75) is 20.3 Å². The summed E-state index contributed by atoms with van der Waals surface area (Å²) in [4.78, 5) is 11.3. The number of carbonyl (C=O) groups is 1. The number of amides is 1. The fourth-order valence-corrected chi connectivity index (χ4v) is 1.04. The van der Waals surface area contributed by atoms with Crippen LogP contribution >= 0.6 is 0 Å². The van der Waals surface area contributed by atoms with Crippen LogP contribution < -0.4 is 0 Å². The molecule has 0 aliphatic carbocycles. The Morgan fingerprint density at radius 1 is 1.75 bits per heavy atom. The molecule has 0 bridgehead atoms. The van der Waals surface area contributed by atoms with Gasteiger partial charge in [-0.1, -0.05) is 0 Å². The van der Waals surface area contributed by atoms with Gasteiger partial charge >= 0.3 is 0 Å². The van der Waals surface area contributed by atoms with Gasteiger partial charge in [0.25, 0.3) is 5.91 Å². The molecular formula is C8H11N3O. The van der Waals surface area contributed by atoms with Crippen LogP contribution in [0.25, 0.3) is 0 Å². The first-order chi connectivity index (χ1) is 5.66. The lowest BCUT2D eigenvalue weighted by molar-refractivity contribution is -0.131. The van der Waals surface area contributed by atoms with Crippen LogP contribution in [0.3, 0.4) is 0 Å². The molecule has 0 radical (unpaired) electrons. The molecule has 0 fully saturated rings. The molecule has 0 spiro atoms. The van der Waals surface area contributed by atoms with Crippen molar-refractivity contribution in [1.82, 2.24) is 5.01 Å². The van der Waals surface area contributed by atoms with Gasteiger partial charge in [0.1, 0.15) is 0 Å². The van der Waals surface area contributed by atoms with Gasteiger partial charge in [-0.3, -0.25) is 4.79 Å². The molecule has 12 heavy (non-hydrogen) atoms. The lowest BCUT2D eigenvalue weighted by Gasteiger charge is -2.09. The number of rotatable bonds is 2. The van der Waals surface area contributed by atoms with E-state index in [1.165, 1.54) is 5.01 Å². The van der Waals surface area contributed by atoms with E-state index in [4.69, 9.17) is 5.26 Å². The van der Waals surface area contributed by atoms with E-state index >= 15 is 0 Å². The van der Waals surface area contributed by atoms with Crippen molar-refractivity contribution >= 4 is 11.6 Å². The maximum absolute atomic E-state index is 11.3. The molecule has 1 aliphatic heterocycles. The number of hydrogen-bond acceptors (Lipinski definition) is 3. The molecule has 0 saturated heterocycles. The lowest BCUT2D eigenvalue weighted by Crippen LogP contribution is -2.26. The topological polar surface area (TPSA) is 56.5 Å². The van der Waals surface area contributed by atoms with E-state index < -0.39 is 0 Å². The Bertz CT molecular complexity index is 264. The lowest BCUT2D eigenvalue weighted by atomic mass is 10.1. The third-order valence-corrected chi connectivity index (χ3v) is 1.97. The minimum absolute atomic E-state index is 0.00255. The van der Waals surface area contributed by atoms with Gasteiger partial charge < -0.3 is 0 Å². The number of hydrogen-bond donors (Lipinski definition) is 0. The van der Waals surface area contributed by atoms with Crippen LogP contribution in [0, 0.1) is 17.2 Å². The predicted octanol–water partition coefficient (Wildman–Crippen LogP) is 0.754. The zero-order chi connectivity index (χ0) is 9.14. The van der Waals surface area contributed by atoms with Gasteiger partial charge in [0.05, 0.1) is 25.0 Å². The van der Waals surface area contributed by atoms with Gasteiger partial charge in [0.15, 0.2) is 0 Å². The highest BCUT2D eigenvalue weighted by Gasteiger charge is 2.28. The first kappa shape index (κ1) is 8.72. The van der Waals surface area contributed by atoms with Gasteiger partial charge in [-0.15, -0.1) is 0 Å². The average molecular weight is 165 g/mol. The van der Waals surface area contributed by atoms with Crippen molar-refractivity contribution in [2.24, 2.45) is 11.0 Å². The molecule has 64 valence electrons. The monoisotopic (exact) mass is 165 g/mol. The Hall–Kier alpha value is -1.37. The van der Waals surface area contributed by atoms with Gasteiger partial charge in [0, 0.05) is 5.71 Å². The molecule has 0 aromatic heterocycles. The summed E-state index contributed by atoms with van der Waals surface area (Å²) >= 11 is 0. The number of carbonyl (C=O) groups excluding carboxylic acids is 1. The molecular weight excluding hydrogens is 154 g/mol. The van der Waals surface area contributed by atoms with Crippen molar-refractivity contribution in [3.05, 3.63) is 0 Å². The average Bonchev–Trinajstić information content (AvgIpc) is 2.30. The van der Waals surface area contributed by atoms with E-state index in [-0.39, 0.29) is 11.8 Å². The third-order valence-electron chi connectivity index (χ3n) is 1.97. The van der Waals surface area contributed by atoms with Crippen molar-refractivity contribution in [2.75, 3.05) is 6.54 Å². The summed E-state index contributed by atoms with van der Waals surface area (Å²) in [5.41, 5.74) is 0.831. The standard InChI is InChI=1S/C8H11N3O/c1-6-7(2)10-11(8(6)12)5-3-4-9/h6H,3,5H2,1-2H3. The molecule has 0 aromatic rings. The molecule has 4 heteroatoms. The van der Waals surface area contributed by atoms with Crippen molar-refractivity contribution in [3.63, 3.8) is 0 Å². The molecule has 4 nitrogen and oxygen atoms in total. The summed E-state index contributed by atoms with van der Waals surface area (Å²) in [6.45, 7) is 4.07. The Morgan fingerprint density at radius 2 is 2.42 bits per heavy atom. The summed E-state index contributed by atoms with van der Waals surface area (Å²) < 4.78 is 0. The third kappa shape index (κ3) is 1.45. The van der Waals surface area contributed by atoms with E-state index in [0.717, 1.165) is 5.71 Å². The minimum Gasteiger partial charge on any atom is -0.272 e. The normalized spacial score (nSPS) is 22.4. The second-order valence-corrected chi connectivity index (χ2v) is 2.83. The molecule has 1 aliphatic rings. The quantitative estimate of drug-likeness (QED) is 0.606. The second kappa shape index (κ2) is 3.35. The largest absolute Gasteiger partial charge is 0.272 e. The molecule has 0 saturated carbocycles. The molecule has 1 atom stereocenters. The predicted molar refractivity (Wildman–Crippen MR) is 44.2 cm³/mol. The highest BCUT2D eigenvalue weighted by Crippen LogP contribution is 2.14. The molecule has 0 N–H and O–H groups in total. The van der Waals surface area contributed by atoms with E-state index in [1.54, 1.807) is 0 Å². The van der Waals surface area contributed by atoms with Gasteiger partial charge in [-0.2, -0.15) is 10.4 Å². The number of nitrogens with zero attached hydrogens (tertiary/aromatic N) is 3. The molecule has 1 heterocycles. The van der Waals surface area contributed by atoms with Crippen LogP contribution in [0.2, 0.25) is 0 Å². The fourth-order valence-electron chi connectivity index (χ4n) is 1.04. The first-order valence-corrected chi connectivity index (χ1v) is 3.90.